The van der Waals surface area contributed by atoms with Crippen molar-refractivity contribution < 1.29 is 34.2 Å². The first-order valence-electron chi connectivity index (χ1n) is 11.2. The molecule has 0 fully saturated rings. The van der Waals surface area contributed by atoms with Crippen LogP contribution in [-0.4, -0.2) is 71.0 Å². The Hall–Kier alpha value is -3.71. The molecule has 11 N–H and O–H groups in total. The number of nitrogens with two attached hydrogens (primary N) is 3. The van der Waals surface area contributed by atoms with E-state index >= 15 is 0 Å². The van der Waals surface area contributed by atoms with Gasteiger partial charge >= 0.3 is 5.97 Å². The summed E-state index contributed by atoms with van der Waals surface area (Å²) < 4.78 is 0. The van der Waals surface area contributed by atoms with Crippen LogP contribution < -0.4 is 33.2 Å². The fraction of sp³-hybridized carbons (Fsp3) is 0.500. The number of carbonyl (C=O) groups is 5. The second-order valence-corrected chi connectivity index (χ2v) is 8.00. The van der Waals surface area contributed by atoms with Gasteiger partial charge in [-0.2, -0.15) is 0 Å². The molecule has 0 heterocycles. The third kappa shape index (κ3) is 11.8. The number of aromatic hydroxyl groups is 1. The molecule has 3 atom stereocenters. The SMILES string of the molecule is NCCCCC(NC(=O)C(N)CCC(N)=O)C(=O)NC(Cc1ccc(O)cc1)C(=O)NCC(=O)O. The lowest BCUT2D eigenvalue weighted by atomic mass is 10.0. The van der Waals surface area contributed by atoms with E-state index in [2.05, 4.69) is 16.0 Å². The molecule has 1 rings (SSSR count). The smallest absolute Gasteiger partial charge is 0.322 e. The maximum atomic E-state index is 13.1. The number of carboxylic acids is 1. The van der Waals surface area contributed by atoms with E-state index in [0.29, 0.717) is 24.9 Å². The van der Waals surface area contributed by atoms with E-state index in [0.717, 1.165) is 0 Å². The highest BCUT2D eigenvalue weighted by molar-refractivity contribution is 5.93. The Morgan fingerprint density at radius 2 is 1.51 bits per heavy atom. The molecule has 3 unspecified atom stereocenters. The van der Waals surface area contributed by atoms with Gasteiger partial charge in [0.05, 0.1) is 6.04 Å². The monoisotopic (exact) mass is 494 g/mol. The molecule has 0 radical (unpaired) electrons. The number of primary amides is 1. The molecule has 0 spiro atoms. The van der Waals surface area contributed by atoms with Gasteiger partial charge in [-0.15, -0.1) is 0 Å². The molecule has 13 heteroatoms. The number of nitrogens with one attached hydrogen (secondary N) is 3. The van der Waals surface area contributed by atoms with Crippen LogP contribution in [0.25, 0.3) is 0 Å². The Labute approximate surface area is 202 Å². The van der Waals surface area contributed by atoms with Crippen molar-refractivity contribution in [3.8, 4) is 5.75 Å². The van der Waals surface area contributed by atoms with E-state index in [4.69, 9.17) is 22.3 Å². The number of hydrogen-bond acceptors (Lipinski definition) is 8. The molecule has 4 amide bonds. The van der Waals surface area contributed by atoms with E-state index in [-0.39, 0.29) is 31.4 Å². The average molecular weight is 495 g/mol. The third-order valence-corrected chi connectivity index (χ3v) is 5.04. The van der Waals surface area contributed by atoms with Crippen molar-refractivity contribution in [1.82, 2.24) is 16.0 Å². The van der Waals surface area contributed by atoms with Gasteiger partial charge in [-0.3, -0.25) is 24.0 Å². The normalized spacial score (nSPS) is 13.2. The zero-order valence-corrected chi connectivity index (χ0v) is 19.4. The Morgan fingerprint density at radius 1 is 0.886 bits per heavy atom. The summed E-state index contributed by atoms with van der Waals surface area (Å²) in [5.41, 5.74) is 17.0. The summed E-state index contributed by atoms with van der Waals surface area (Å²) in [5.74, 6) is -3.94. The van der Waals surface area contributed by atoms with Crippen LogP contribution in [0.15, 0.2) is 24.3 Å². The Bertz CT molecular complexity index is 878. The summed E-state index contributed by atoms with van der Waals surface area (Å²) >= 11 is 0. The fourth-order valence-electron chi connectivity index (χ4n) is 3.10. The first kappa shape index (κ1) is 29.3. The maximum Gasteiger partial charge on any atom is 0.322 e. The highest BCUT2D eigenvalue weighted by Crippen LogP contribution is 2.12. The zero-order chi connectivity index (χ0) is 26.4. The predicted octanol–water partition coefficient (Wildman–Crippen LogP) is -2.17. The standard InChI is InChI=1S/C22H34N6O7/c23-10-2-1-3-16(27-20(33)15(24)8-9-18(25)30)22(35)28-17(21(34)26-12-19(31)32)11-13-4-6-14(29)7-5-13/h4-7,15-17,29H,1-3,8-12,23-24H2,(H2,25,30)(H,26,34)(H,27,33)(H,28,35)(H,31,32). The molecule has 0 saturated carbocycles. The minimum atomic E-state index is -1.26. The van der Waals surface area contributed by atoms with Crippen LogP contribution in [-0.2, 0) is 30.4 Å². The van der Waals surface area contributed by atoms with Crippen molar-refractivity contribution in [2.24, 2.45) is 17.2 Å². The number of phenolic OH excluding ortho intramolecular Hbond substituents is 1. The van der Waals surface area contributed by atoms with Gasteiger partial charge in [-0.05, 0) is 49.9 Å². The fourth-order valence-corrected chi connectivity index (χ4v) is 3.10. The van der Waals surface area contributed by atoms with Crippen molar-refractivity contribution in [2.75, 3.05) is 13.1 Å². The molecule has 35 heavy (non-hydrogen) atoms. The van der Waals surface area contributed by atoms with Crippen molar-refractivity contribution in [1.29, 1.82) is 0 Å². The minimum Gasteiger partial charge on any atom is -0.508 e. The van der Waals surface area contributed by atoms with E-state index < -0.39 is 54.3 Å². The molecule has 0 aromatic heterocycles. The number of benzene rings is 1. The zero-order valence-electron chi connectivity index (χ0n) is 19.4. The van der Waals surface area contributed by atoms with Gasteiger partial charge in [0.15, 0.2) is 0 Å². The van der Waals surface area contributed by atoms with Gasteiger partial charge < -0.3 is 43.4 Å². The van der Waals surface area contributed by atoms with E-state index in [1.807, 2.05) is 0 Å². The molecular formula is C22H34N6O7. The lowest BCUT2D eigenvalue weighted by Gasteiger charge is -2.24. The summed E-state index contributed by atoms with van der Waals surface area (Å²) in [6.07, 6.45) is 1.19. The number of phenols is 1. The van der Waals surface area contributed by atoms with Crippen molar-refractivity contribution in [3.63, 3.8) is 0 Å². The first-order chi connectivity index (χ1) is 16.5. The molecule has 0 bridgehead atoms. The van der Waals surface area contributed by atoms with E-state index in [1.165, 1.54) is 12.1 Å². The summed E-state index contributed by atoms with van der Waals surface area (Å²) in [7, 11) is 0. The van der Waals surface area contributed by atoms with Crippen LogP contribution in [0.5, 0.6) is 5.75 Å². The van der Waals surface area contributed by atoms with Crippen molar-refractivity contribution in [2.45, 2.75) is 56.7 Å². The molecule has 0 aliphatic rings. The molecule has 1 aromatic rings. The summed E-state index contributed by atoms with van der Waals surface area (Å²) in [6, 6.07) is 2.64. The van der Waals surface area contributed by atoms with Crippen LogP contribution in [0.1, 0.15) is 37.7 Å². The Kier molecular flexibility index (Phi) is 12.8. The van der Waals surface area contributed by atoms with Crippen molar-refractivity contribution >= 4 is 29.6 Å². The largest absolute Gasteiger partial charge is 0.508 e. The lowest BCUT2D eigenvalue weighted by Crippen LogP contribution is -2.56. The number of unbranched alkanes of at least 4 members (excludes halogenated alkanes) is 1. The lowest BCUT2D eigenvalue weighted by molar-refractivity contribution is -0.138. The number of amides is 4. The van der Waals surface area contributed by atoms with Gasteiger partial charge in [-0.25, -0.2) is 0 Å². The van der Waals surface area contributed by atoms with Crippen LogP contribution in [0.4, 0.5) is 0 Å². The maximum absolute atomic E-state index is 13.1. The second kappa shape index (κ2) is 15.2. The molecular weight excluding hydrogens is 460 g/mol. The predicted molar refractivity (Wildman–Crippen MR) is 126 cm³/mol. The average Bonchev–Trinajstić information content (AvgIpc) is 2.81. The number of aliphatic carboxylic acids is 1. The number of rotatable bonds is 16. The van der Waals surface area contributed by atoms with Gasteiger partial charge in [0, 0.05) is 12.8 Å². The number of carboxylic acid groups (broad SMARTS) is 1. The first-order valence-corrected chi connectivity index (χ1v) is 11.2. The second-order valence-electron chi connectivity index (χ2n) is 8.00. The van der Waals surface area contributed by atoms with Crippen LogP contribution >= 0.6 is 0 Å². The molecule has 0 saturated heterocycles. The van der Waals surface area contributed by atoms with E-state index in [1.54, 1.807) is 12.1 Å². The van der Waals surface area contributed by atoms with E-state index in [9.17, 15) is 29.1 Å². The number of hydrogen-bond donors (Lipinski definition) is 8. The Morgan fingerprint density at radius 3 is 2.09 bits per heavy atom. The van der Waals surface area contributed by atoms with Crippen LogP contribution in [0.2, 0.25) is 0 Å². The molecule has 0 aliphatic carbocycles. The summed E-state index contributed by atoms with van der Waals surface area (Å²) in [5, 5.41) is 25.6. The van der Waals surface area contributed by atoms with Gasteiger partial charge in [0.1, 0.15) is 24.4 Å². The minimum absolute atomic E-state index is 0.000618. The van der Waals surface area contributed by atoms with Crippen LogP contribution in [0, 0.1) is 0 Å². The number of carbonyl (C=O) groups excluding carboxylic acids is 4. The molecule has 1 aromatic carbocycles. The van der Waals surface area contributed by atoms with Crippen LogP contribution in [0.3, 0.4) is 0 Å². The van der Waals surface area contributed by atoms with Crippen molar-refractivity contribution in [3.05, 3.63) is 29.8 Å². The molecule has 0 aliphatic heterocycles. The third-order valence-electron chi connectivity index (χ3n) is 5.04. The van der Waals surface area contributed by atoms with Gasteiger partial charge in [0.25, 0.3) is 0 Å². The Balaban J connectivity index is 2.99. The quantitative estimate of drug-likeness (QED) is 0.116. The highest BCUT2D eigenvalue weighted by Gasteiger charge is 2.28. The summed E-state index contributed by atoms with van der Waals surface area (Å²) in [6.45, 7) is -0.270. The molecule has 194 valence electrons. The topological polar surface area (TPSA) is 240 Å². The highest BCUT2D eigenvalue weighted by atomic mass is 16.4. The van der Waals surface area contributed by atoms with Gasteiger partial charge in [-0.1, -0.05) is 12.1 Å². The van der Waals surface area contributed by atoms with Gasteiger partial charge in [0.2, 0.25) is 23.6 Å². The summed E-state index contributed by atoms with van der Waals surface area (Å²) in [4.78, 5) is 59.9. The molecule has 13 nitrogen and oxygen atoms in total.